The third kappa shape index (κ3) is 9.95. The Morgan fingerprint density at radius 3 is 1.53 bits per heavy atom. The Balaban J connectivity index is 1.17. The van der Waals surface area contributed by atoms with Crippen molar-refractivity contribution in [2.75, 3.05) is 33.8 Å². The van der Waals surface area contributed by atoms with Crippen LogP contribution in [0.2, 0.25) is 5.02 Å². The third-order valence-electron chi connectivity index (χ3n) is 9.27. The van der Waals surface area contributed by atoms with Crippen LogP contribution < -0.4 is 21.3 Å². The molecule has 6 rings (SSSR count). The average molecular weight is 891 g/mol. The summed E-state index contributed by atoms with van der Waals surface area (Å²) < 4.78 is 54.1. The molecule has 58 heavy (non-hydrogen) atoms. The SMILES string of the molecule is CS(=O)(=O)c1sc(NC(=O)Nc2ccccc2C(=O)C2CCCC2)nc1C(=O)OC(=O)c1nc(NC(=O)Nc2ccc(Cl)cc2C(=O)C2CCCC2)sc1S(C)(=O)=O. The summed E-state index contributed by atoms with van der Waals surface area (Å²) in [5, 5.41) is 9.15. The van der Waals surface area contributed by atoms with Gasteiger partial charge in [0.15, 0.2) is 61.3 Å². The van der Waals surface area contributed by atoms with Crippen LogP contribution in [0.3, 0.4) is 0 Å². The van der Waals surface area contributed by atoms with E-state index in [1.54, 1.807) is 18.2 Å². The van der Waals surface area contributed by atoms with Crippen LogP contribution in [0.1, 0.15) is 93.1 Å². The van der Waals surface area contributed by atoms with Crippen LogP contribution in [-0.4, -0.2) is 74.9 Å². The van der Waals surface area contributed by atoms with Crippen molar-refractivity contribution in [1.82, 2.24) is 9.97 Å². The summed E-state index contributed by atoms with van der Waals surface area (Å²) in [7, 11) is -8.46. The fourth-order valence-corrected chi connectivity index (χ4v) is 10.8. The lowest BCUT2D eigenvalue weighted by atomic mass is 9.95. The maximum atomic E-state index is 13.3. The van der Waals surface area contributed by atoms with Gasteiger partial charge in [0.25, 0.3) is 0 Å². The second kappa shape index (κ2) is 17.4. The first-order chi connectivity index (χ1) is 27.4. The van der Waals surface area contributed by atoms with E-state index in [2.05, 4.69) is 31.2 Å². The number of nitrogens with zero attached hydrogens (tertiary/aromatic N) is 2. The third-order valence-corrected chi connectivity index (χ3v) is 15.1. The van der Waals surface area contributed by atoms with Crippen LogP contribution in [0, 0.1) is 11.8 Å². The number of aromatic nitrogens is 2. The molecule has 0 atom stereocenters. The second-order valence-corrected chi connectivity index (χ2v) is 20.5. The number of thiazole rings is 2. The molecule has 4 aromatic rings. The minimum Gasteiger partial charge on any atom is -0.383 e. The van der Waals surface area contributed by atoms with Gasteiger partial charge < -0.3 is 15.4 Å². The number of sulfone groups is 2. The summed E-state index contributed by atoms with van der Waals surface area (Å²) in [6, 6.07) is 8.81. The van der Waals surface area contributed by atoms with E-state index in [9.17, 15) is 45.6 Å². The second-order valence-electron chi connectivity index (χ2n) is 13.6. The molecule has 2 saturated carbocycles. The number of anilines is 4. The number of ether oxygens (including phenoxy) is 1. The van der Waals surface area contributed by atoms with E-state index >= 15 is 0 Å². The standard InChI is InChI=1S/C36H35ClN6O11S4/c1-57(50,51)31-25(40-35(55-31)42-33(48)38-23-14-8-7-13-21(23)27(44)18-9-3-4-10-18)29(46)54-30(47)26-32(58(2,52)53)56-36(41-26)43-34(49)39-24-16-15-20(37)17-22(24)28(45)19-11-5-6-12-19/h7-8,13-19H,3-6,9-12H2,1-2H3,(H2,38,40,42,48)(H2,39,41,43,49). The van der Waals surface area contributed by atoms with Crippen molar-refractivity contribution in [2.45, 2.75) is 59.8 Å². The quantitative estimate of drug-likeness (QED) is 0.0630. The number of benzene rings is 2. The number of urea groups is 2. The van der Waals surface area contributed by atoms with E-state index < -0.39 is 73.7 Å². The van der Waals surface area contributed by atoms with Crippen molar-refractivity contribution >= 4 is 111 Å². The zero-order valence-corrected chi connectivity index (χ0v) is 34.8. The number of hydrogen-bond acceptors (Lipinski definition) is 15. The Hall–Kier alpha value is -5.09. The lowest BCUT2D eigenvalue weighted by Crippen LogP contribution is -2.22. The number of ketones is 2. The molecule has 22 heteroatoms. The van der Waals surface area contributed by atoms with Gasteiger partial charge in [0, 0.05) is 40.5 Å². The Kier molecular flexibility index (Phi) is 12.8. The Morgan fingerprint density at radius 2 is 1.07 bits per heavy atom. The van der Waals surface area contributed by atoms with Crippen LogP contribution in [-0.2, 0) is 24.4 Å². The summed E-state index contributed by atoms with van der Waals surface area (Å²) in [5.41, 5.74) is -1.01. The minimum absolute atomic E-state index is 0.124. The molecule has 2 fully saturated rings. The maximum Gasteiger partial charge on any atom is 0.367 e. The van der Waals surface area contributed by atoms with Gasteiger partial charge in [0.05, 0.1) is 11.4 Å². The Morgan fingerprint density at radius 1 is 0.638 bits per heavy atom. The average Bonchev–Trinajstić information content (AvgIpc) is 3.99. The number of esters is 2. The van der Waals surface area contributed by atoms with Crippen LogP contribution >= 0.6 is 34.3 Å². The van der Waals surface area contributed by atoms with E-state index in [0.29, 0.717) is 41.1 Å². The zero-order chi connectivity index (χ0) is 41.9. The Bertz CT molecular complexity index is 2560. The van der Waals surface area contributed by atoms with Gasteiger partial charge in [0.1, 0.15) is 0 Å². The number of amides is 4. The monoisotopic (exact) mass is 890 g/mol. The zero-order valence-electron chi connectivity index (χ0n) is 30.7. The molecule has 4 amide bonds. The summed E-state index contributed by atoms with van der Waals surface area (Å²) in [5.74, 6) is -3.98. The summed E-state index contributed by atoms with van der Waals surface area (Å²) in [4.78, 5) is 86.6. The van der Waals surface area contributed by atoms with Crippen molar-refractivity contribution in [1.29, 1.82) is 0 Å². The number of carbonyl (C=O) groups excluding carboxylic acids is 6. The van der Waals surface area contributed by atoms with E-state index in [-0.39, 0.29) is 45.4 Å². The van der Waals surface area contributed by atoms with Crippen molar-refractivity contribution in [2.24, 2.45) is 11.8 Å². The molecule has 0 bridgehead atoms. The topological polar surface area (TPSA) is 254 Å². The lowest BCUT2D eigenvalue weighted by Gasteiger charge is -2.14. The summed E-state index contributed by atoms with van der Waals surface area (Å²) >= 11 is 6.87. The lowest BCUT2D eigenvalue weighted by molar-refractivity contribution is 0.0384. The van der Waals surface area contributed by atoms with Gasteiger partial charge >= 0.3 is 24.0 Å². The first kappa shape index (κ1) is 42.5. The molecule has 2 aromatic carbocycles. The molecule has 306 valence electrons. The van der Waals surface area contributed by atoms with Crippen molar-refractivity contribution < 1.29 is 50.3 Å². The first-order valence-electron chi connectivity index (χ1n) is 17.7. The fourth-order valence-electron chi connectivity index (χ4n) is 6.61. The van der Waals surface area contributed by atoms with Crippen molar-refractivity contribution in [3.8, 4) is 0 Å². The number of carbonyl (C=O) groups is 6. The summed E-state index contributed by atoms with van der Waals surface area (Å²) in [6.45, 7) is 0. The van der Waals surface area contributed by atoms with Gasteiger partial charge in [-0.3, -0.25) is 20.2 Å². The largest absolute Gasteiger partial charge is 0.383 e. The van der Waals surface area contributed by atoms with E-state index in [4.69, 9.17) is 16.3 Å². The molecule has 4 N–H and O–H groups in total. The highest BCUT2D eigenvalue weighted by molar-refractivity contribution is 7.93. The highest BCUT2D eigenvalue weighted by Crippen LogP contribution is 2.34. The molecular weight excluding hydrogens is 856 g/mol. The molecule has 0 unspecified atom stereocenters. The minimum atomic E-state index is -4.24. The number of hydrogen-bond donors (Lipinski definition) is 4. The molecule has 0 aliphatic heterocycles. The molecule has 2 heterocycles. The highest BCUT2D eigenvalue weighted by atomic mass is 35.5. The van der Waals surface area contributed by atoms with Gasteiger partial charge in [-0.25, -0.2) is 46.0 Å². The molecule has 0 saturated heterocycles. The van der Waals surface area contributed by atoms with Gasteiger partial charge in [0.2, 0.25) is 0 Å². The normalized spacial score (nSPS) is 14.8. The number of Topliss-reactive ketones (excluding diaryl/α,β-unsaturated/α-hetero) is 2. The highest BCUT2D eigenvalue weighted by Gasteiger charge is 2.33. The van der Waals surface area contributed by atoms with E-state index in [1.165, 1.54) is 24.3 Å². The predicted octanol–water partition coefficient (Wildman–Crippen LogP) is 7.09. The van der Waals surface area contributed by atoms with Gasteiger partial charge in [-0.1, -0.05) is 72.1 Å². The molecular formula is C36H35ClN6O11S4. The number of halogens is 1. The molecule has 2 aromatic heterocycles. The summed E-state index contributed by atoms with van der Waals surface area (Å²) in [6.07, 6.45) is 7.97. The number of para-hydroxylation sites is 1. The van der Waals surface area contributed by atoms with Crippen LogP contribution in [0.25, 0.3) is 0 Å². The molecule has 0 radical (unpaired) electrons. The molecule has 17 nitrogen and oxygen atoms in total. The first-order valence-corrected chi connectivity index (χ1v) is 23.5. The molecule has 2 aliphatic carbocycles. The Labute approximate surface area is 345 Å². The number of nitrogens with one attached hydrogen (secondary N) is 4. The molecule has 0 spiro atoms. The van der Waals surface area contributed by atoms with E-state index in [1.807, 2.05) is 0 Å². The predicted molar refractivity (Wildman–Crippen MR) is 216 cm³/mol. The van der Waals surface area contributed by atoms with Gasteiger partial charge in [-0.05, 0) is 56.0 Å². The van der Waals surface area contributed by atoms with Gasteiger partial charge in [-0.15, -0.1) is 0 Å². The fraction of sp³-hybridized carbons (Fsp3) is 0.333. The van der Waals surface area contributed by atoms with Crippen LogP contribution in [0.5, 0.6) is 0 Å². The van der Waals surface area contributed by atoms with E-state index in [0.717, 1.165) is 51.0 Å². The number of rotatable bonds is 12. The smallest absolute Gasteiger partial charge is 0.367 e. The van der Waals surface area contributed by atoms with Crippen molar-refractivity contribution in [3.63, 3.8) is 0 Å². The van der Waals surface area contributed by atoms with Crippen molar-refractivity contribution in [3.05, 3.63) is 70.0 Å². The van der Waals surface area contributed by atoms with Crippen LogP contribution in [0.4, 0.5) is 31.2 Å². The van der Waals surface area contributed by atoms with Gasteiger partial charge in [-0.2, -0.15) is 0 Å². The molecule has 2 aliphatic rings. The van der Waals surface area contributed by atoms with Crippen LogP contribution in [0.15, 0.2) is 50.9 Å². The maximum absolute atomic E-state index is 13.3.